The van der Waals surface area contributed by atoms with Crippen LogP contribution in [0, 0.1) is 17.7 Å². The van der Waals surface area contributed by atoms with Gasteiger partial charge >= 0.3 is 0 Å². The molecule has 80 valence electrons. The van der Waals surface area contributed by atoms with Crippen LogP contribution < -0.4 is 0 Å². The first-order valence-corrected chi connectivity index (χ1v) is 5.84. The maximum Gasteiger partial charge on any atom is 0.140 e. The largest absolute Gasteiger partial charge is 0.299 e. The Hall–Kier alpha value is -0.700. The Morgan fingerprint density at radius 2 is 2.27 bits per heavy atom. The van der Waals surface area contributed by atoms with Gasteiger partial charge in [-0.3, -0.25) is 4.79 Å². The molecule has 0 radical (unpaired) electrons. The number of hydrogen-bond donors (Lipinski definition) is 0. The van der Waals surface area contributed by atoms with Gasteiger partial charge in [-0.1, -0.05) is 22.9 Å². The smallest absolute Gasteiger partial charge is 0.140 e. The summed E-state index contributed by atoms with van der Waals surface area (Å²) in [6.07, 6.45) is 1.19. The molecule has 1 aliphatic carbocycles. The molecule has 1 fully saturated rings. The lowest BCUT2D eigenvalue weighted by Gasteiger charge is -2.02. The third kappa shape index (κ3) is 2.46. The molecule has 0 spiro atoms. The molecule has 3 heteroatoms. The van der Waals surface area contributed by atoms with Crippen molar-refractivity contribution in [3.63, 3.8) is 0 Å². The number of halogens is 2. The lowest BCUT2D eigenvalue weighted by atomic mass is 10.1. The van der Waals surface area contributed by atoms with Crippen molar-refractivity contribution in [2.24, 2.45) is 11.8 Å². The topological polar surface area (TPSA) is 17.1 Å². The summed E-state index contributed by atoms with van der Waals surface area (Å²) in [7, 11) is 0. The van der Waals surface area contributed by atoms with Crippen LogP contribution in [0.3, 0.4) is 0 Å². The van der Waals surface area contributed by atoms with Crippen molar-refractivity contribution in [2.75, 3.05) is 0 Å². The van der Waals surface area contributed by atoms with E-state index in [0.717, 1.165) is 10.9 Å². The maximum atomic E-state index is 13.3. The van der Waals surface area contributed by atoms with Crippen LogP contribution in [-0.2, 0) is 11.2 Å². The van der Waals surface area contributed by atoms with Crippen LogP contribution in [0.2, 0.25) is 0 Å². The summed E-state index contributed by atoms with van der Waals surface area (Å²) >= 11 is 3.27. The van der Waals surface area contributed by atoms with E-state index in [1.54, 1.807) is 12.1 Å². The van der Waals surface area contributed by atoms with E-state index in [2.05, 4.69) is 22.9 Å². The zero-order valence-corrected chi connectivity index (χ0v) is 10.1. The highest BCUT2D eigenvalue weighted by molar-refractivity contribution is 9.10. The number of carbonyl (C=O) groups excluding carboxylic acids is 1. The number of ketones is 1. The molecular weight excluding hydrogens is 259 g/mol. The van der Waals surface area contributed by atoms with Crippen LogP contribution in [0.15, 0.2) is 22.7 Å². The van der Waals surface area contributed by atoms with E-state index in [1.165, 1.54) is 6.07 Å². The first-order chi connectivity index (χ1) is 7.08. The summed E-state index contributed by atoms with van der Waals surface area (Å²) in [5, 5.41) is 0. The van der Waals surface area contributed by atoms with Gasteiger partial charge in [-0.05, 0) is 36.1 Å². The fourth-order valence-corrected chi connectivity index (χ4v) is 2.18. The minimum atomic E-state index is -0.292. The number of hydrogen-bond acceptors (Lipinski definition) is 1. The predicted molar refractivity (Wildman–Crippen MR) is 60.1 cm³/mol. The monoisotopic (exact) mass is 270 g/mol. The maximum absolute atomic E-state index is 13.3. The zero-order chi connectivity index (χ0) is 11.0. The van der Waals surface area contributed by atoms with Crippen molar-refractivity contribution in [3.8, 4) is 0 Å². The quantitative estimate of drug-likeness (QED) is 0.823. The zero-order valence-electron chi connectivity index (χ0n) is 8.47. The van der Waals surface area contributed by atoms with E-state index >= 15 is 0 Å². The molecule has 0 amide bonds. The van der Waals surface area contributed by atoms with Gasteiger partial charge in [-0.25, -0.2) is 4.39 Å². The second-order valence-corrected chi connectivity index (χ2v) is 5.11. The summed E-state index contributed by atoms with van der Waals surface area (Å²) in [5.41, 5.74) is 0.494. The molecule has 0 saturated heterocycles. The van der Waals surface area contributed by atoms with Crippen molar-refractivity contribution in [3.05, 3.63) is 34.1 Å². The van der Waals surface area contributed by atoms with Crippen LogP contribution >= 0.6 is 15.9 Å². The SMILES string of the molecule is CC1CC1C(=O)Cc1cc(Br)ccc1F. The van der Waals surface area contributed by atoms with Crippen LogP contribution in [0.1, 0.15) is 18.9 Å². The highest BCUT2D eigenvalue weighted by atomic mass is 79.9. The van der Waals surface area contributed by atoms with Crippen molar-refractivity contribution < 1.29 is 9.18 Å². The minimum Gasteiger partial charge on any atom is -0.299 e. The second-order valence-electron chi connectivity index (χ2n) is 4.20. The molecule has 1 saturated carbocycles. The van der Waals surface area contributed by atoms with Crippen molar-refractivity contribution in [1.82, 2.24) is 0 Å². The number of carbonyl (C=O) groups is 1. The number of rotatable bonds is 3. The fourth-order valence-electron chi connectivity index (χ4n) is 1.77. The van der Waals surface area contributed by atoms with Gasteiger partial charge < -0.3 is 0 Å². The lowest BCUT2D eigenvalue weighted by Crippen LogP contribution is -2.07. The molecule has 0 aromatic heterocycles. The van der Waals surface area contributed by atoms with Crippen LogP contribution in [0.5, 0.6) is 0 Å². The molecule has 1 aliphatic rings. The molecule has 1 aromatic rings. The Balaban J connectivity index is 2.10. The van der Waals surface area contributed by atoms with Crippen molar-refractivity contribution in [2.45, 2.75) is 19.8 Å². The average Bonchev–Trinajstić information content (AvgIpc) is 2.89. The standard InChI is InChI=1S/C12H12BrFO/c1-7-4-10(7)12(15)6-8-5-9(13)2-3-11(8)14/h2-3,5,7,10H,4,6H2,1H3. The Bertz CT molecular complexity index is 403. The van der Waals surface area contributed by atoms with E-state index in [1.807, 2.05) is 0 Å². The van der Waals surface area contributed by atoms with Crippen molar-refractivity contribution >= 4 is 21.7 Å². The van der Waals surface area contributed by atoms with E-state index in [0.29, 0.717) is 11.5 Å². The average molecular weight is 271 g/mol. The third-order valence-corrected chi connectivity index (χ3v) is 3.39. The Labute approximate surface area is 96.8 Å². The third-order valence-electron chi connectivity index (χ3n) is 2.90. The van der Waals surface area contributed by atoms with Gasteiger partial charge in [0.1, 0.15) is 11.6 Å². The summed E-state index contributed by atoms with van der Waals surface area (Å²) < 4.78 is 14.2. The summed E-state index contributed by atoms with van der Waals surface area (Å²) in [4.78, 5) is 11.7. The van der Waals surface area contributed by atoms with Crippen LogP contribution in [0.25, 0.3) is 0 Å². The highest BCUT2D eigenvalue weighted by Crippen LogP contribution is 2.39. The van der Waals surface area contributed by atoms with Gasteiger partial charge in [0, 0.05) is 16.8 Å². The molecule has 2 rings (SSSR count). The molecule has 1 aromatic carbocycles. The van der Waals surface area contributed by atoms with Crippen LogP contribution in [0.4, 0.5) is 4.39 Å². The molecule has 0 heterocycles. The minimum absolute atomic E-state index is 0.166. The molecule has 15 heavy (non-hydrogen) atoms. The molecule has 2 atom stereocenters. The first kappa shape index (κ1) is 10.8. The molecule has 0 aliphatic heterocycles. The molecule has 0 bridgehead atoms. The van der Waals surface area contributed by atoms with E-state index in [-0.39, 0.29) is 23.9 Å². The number of Topliss-reactive ketones (excluding diaryl/α,β-unsaturated/α-hetero) is 1. The highest BCUT2D eigenvalue weighted by Gasteiger charge is 2.38. The van der Waals surface area contributed by atoms with E-state index in [4.69, 9.17) is 0 Å². The molecule has 1 nitrogen and oxygen atoms in total. The first-order valence-electron chi connectivity index (χ1n) is 5.04. The Morgan fingerprint density at radius 1 is 1.60 bits per heavy atom. The Morgan fingerprint density at radius 3 is 2.87 bits per heavy atom. The second kappa shape index (κ2) is 4.05. The Kier molecular flexibility index (Phi) is 2.91. The summed E-state index contributed by atoms with van der Waals surface area (Å²) in [6.45, 7) is 2.06. The fraction of sp³-hybridized carbons (Fsp3) is 0.417. The predicted octanol–water partition coefficient (Wildman–Crippen LogP) is 3.36. The lowest BCUT2D eigenvalue weighted by molar-refractivity contribution is -0.119. The molecule has 2 unspecified atom stereocenters. The normalized spacial score (nSPS) is 23.9. The summed E-state index contributed by atoms with van der Waals surface area (Å²) in [5.74, 6) is 0.537. The van der Waals surface area contributed by atoms with Gasteiger partial charge in [-0.2, -0.15) is 0 Å². The van der Waals surface area contributed by atoms with Crippen molar-refractivity contribution in [1.29, 1.82) is 0 Å². The van der Waals surface area contributed by atoms with Gasteiger partial charge in [0.15, 0.2) is 0 Å². The van der Waals surface area contributed by atoms with Gasteiger partial charge in [0.25, 0.3) is 0 Å². The van der Waals surface area contributed by atoms with Crippen LogP contribution in [-0.4, -0.2) is 5.78 Å². The van der Waals surface area contributed by atoms with Gasteiger partial charge in [0.05, 0.1) is 0 Å². The van der Waals surface area contributed by atoms with Gasteiger partial charge in [-0.15, -0.1) is 0 Å². The molecule has 0 N–H and O–H groups in total. The molecular formula is C12H12BrFO. The number of benzene rings is 1. The van der Waals surface area contributed by atoms with E-state index < -0.39 is 0 Å². The van der Waals surface area contributed by atoms with Gasteiger partial charge in [0.2, 0.25) is 0 Å². The van der Waals surface area contributed by atoms with E-state index in [9.17, 15) is 9.18 Å². The summed E-state index contributed by atoms with van der Waals surface area (Å²) in [6, 6.07) is 4.71.